The summed E-state index contributed by atoms with van der Waals surface area (Å²) in [6, 6.07) is 12.8. The Balaban J connectivity index is 1.99. The van der Waals surface area contributed by atoms with Crippen LogP contribution >= 0.6 is 0 Å². The molecule has 0 spiro atoms. The number of benzene rings is 1. The van der Waals surface area contributed by atoms with Crippen LogP contribution in [0.5, 0.6) is 5.75 Å². The number of carbonyl (C=O) groups excluding carboxylic acids is 1. The Hall–Kier alpha value is -2.89. The van der Waals surface area contributed by atoms with Crippen LogP contribution < -0.4 is 15.9 Å². The van der Waals surface area contributed by atoms with Crippen molar-refractivity contribution in [3.05, 3.63) is 54.2 Å². The first-order valence-corrected chi connectivity index (χ1v) is 6.38. The highest BCUT2D eigenvalue weighted by Crippen LogP contribution is 2.13. The maximum absolute atomic E-state index is 10.6. The first-order chi connectivity index (χ1) is 10.1. The third-order valence-corrected chi connectivity index (χ3v) is 2.66. The summed E-state index contributed by atoms with van der Waals surface area (Å²) in [7, 11) is 0. The van der Waals surface area contributed by atoms with Crippen molar-refractivity contribution in [2.24, 2.45) is 10.8 Å². The monoisotopic (exact) mass is 284 g/mol. The van der Waals surface area contributed by atoms with E-state index in [1.807, 2.05) is 37.3 Å². The highest BCUT2D eigenvalue weighted by atomic mass is 16.5. The minimum atomic E-state index is -0.503. The van der Waals surface area contributed by atoms with Crippen molar-refractivity contribution in [1.82, 2.24) is 4.98 Å². The zero-order valence-electron chi connectivity index (χ0n) is 11.6. The molecule has 1 aromatic carbocycles. The molecule has 0 unspecified atom stereocenters. The zero-order valence-corrected chi connectivity index (χ0v) is 11.6. The van der Waals surface area contributed by atoms with E-state index in [-0.39, 0.29) is 6.61 Å². The minimum Gasteiger partial charge on any atom is -0.484 e. The van der Waals surface area contributed by atoms with E-state index in [1.165, 1.54) is 0 Å². The van der Waals surface area contributed by atoms with Gasteiger partial charge in [-0.1, -0.05) is 6.07 Å². The molecule has 0 aliphatic heterocycles. The average Bonchev–Trinajstić information content (AvgIpc) is 2.52. The number of nitrogens with zero attached hydrogens (tertiary/aromatic N) is 2. The van der Waals surface area contributed by atoms with Crippen LogP contribution in [0.25, 0.3) is 0 Å². The Bertz CT molecular complexity index is 624. The lowest BCUT2D eigenvalue weighted by Crippen LogP contribution is -2.20. The van der Waals surface area contributed by atoms with Crippen molar-refractivity contribution >= 4 is 17.4 Å². The smallest absolute Gasteiger partial charge is 0.255 e. The summed E-state index contributed by atoms with van der Waals surface area (Å²) in [5, 5.41) is 4.26. The van der Waals surface area contributed by atoms with Crippen LogP contribution in [0.15, 0.2) is 53.8 Å². The first kappa shape index (κ1) is 14.5. The summed E-state index contributed by atoms with van der Waals surface area (Å²) >= 11 is 0. The molecule has 2 aromatic rings. The molecule has 0 aliphatic rings. The number of amides is 1. The van der Waals surface area contributed by atoms with E-state index in [1.54, 1.807) is 18.3 Å². The van der Waals surface area contributed by atoms with Gasteiger partial charge in [0.25, 0.3) is 5.91 Å². The quantitative estimate of drug-likeness (QED) is 0.625. The number of pyridine rings is 1. The van der Waals surface area contributed by atoms with Gasteiger partial charge in [-0.3, -0.25) is 10.2 Å². The van der Waals surface area contributed by atoms with Crippen LogP contribution in [0.4, 0.5) is 5.82 Å². The molecule has 0 fully saturated rings. The third-order valence-electron chi connectivity index (χ3n) is 2.66. The van der Waals surface area contributed by atoms with E-state index in [0.717, 1.165) is 11.3 Å². The predicted molar refractivity (Wildman–Crippen MR) is 81.2 cm³/mol. The molecule has 2 rings (SSSR count). The van der Waals surface area contributed by atoms with Crippen molar-refractivity contribution in [2.75, 3.05) is 12.0 Å². The van der Waals surface area contributed by atoms with Crippen molar-refractivity contribution in [1.29, 1.82) is 0 Å². The van der Waals surface area contributed by atoms with Crippen LogP contribution in [0.2, 0.25) is 0 Å². The number of carbonyl (C=O) groups is 1. The van der Waals surface area contributed by atoms with Gasteiger partial charge in [-0.15, -0.1) is 0 Å². The van der Waals surface area contributed by atoms with Gasteiger partial charge < -0.3 is 10.5 Å². The van der Waals surface area contributed by atoms with Gasteiger partial charge in [-0.05, 0) is 48.9 Å². The van der Waals surface area contributed by atoms with Gasteiger partial charge in [0.2, 0.25) is 0 Å². The zero-order chi connectivity index (χ0) is 15.1. The molecule has 0 radical (unpaired) electrons. The Morgan fingerprint density at radius 3 is 2.67 bits per heavy atom. The topological polar surface area (TPSA) is 89.6 Å². The van der Waals surface area contributed by atoms with Crippen LogP contribution in [-0.4, -0.2) is 23.2 Å². The number of primary amides is 1. The standard InChI is InChI=1S/C15H16N4O2/c1-11(18-19-15-4-2-3-9-17-15)12-5-7-13(8-6-12)21-10-14(16)20/h2-9H,10H2,1H3,(H2,16,20)(H,17,19). The molecule has 0 saturated carbocycles. The van der Waals surface area contributed by atoms with Crippen molar-refractivity contribution < 1.29 is 9.53 Å². The van der Waals surface area contributed by atoms with Crippen LogP contribution in [0.1, 0.15) is 12.5 Å². The van der Waals surface area contributed by atoms with Gasteiger partial charge in [0.15, 0.2) is 6.61 Å². The molecule has 108 valence electrons. The van der Waals surface area contributed by atoms with Gasteiger partial charge in [0.1, 0.15) is 11.6 Å². The molecule has 0 atom stereocenters. The maximum atomic E-state index is 10.6. The van der Waals surface area contributed by atoms with Crippen molar-refractivity contribution in [2.45, 2.75) is 6.92 Å². The Labute approximate surface area is 122 Å². The van der Waals surface area contributed by atoms with E-state index in [0.29, 0.717) is 11.6 Å². The maximum Gasteiger partial charge on any atom is 0.255 e. The molecule has 1 aromatic heterocycles. The highest BCUT2D eigenvalue weighted by Gasteiger charge is 2.01. The molecule has 21 heavy (non-hydrogen) atoms. The number of ether oxygens (including phenoxy) is 1. The Morgan fingerprint density at radius 2 is 2.05 bits per heavy atom. The number of anilines is 1. The number of hydrogen-bond donors (Lipinski definition) is 2. The number of nitrogens with two attached hydrogens (primary N) is 1. The van der Waals surface area contributed by atoms with Gasteiger partial charge in [0.05, 0.1) is 5.71 Å². The second kappa shape index (κ2) is 7.04. The summed E-state index contributed by atoms with van der Waals surface area (Å²) in [6.45, 7) is 1.75. The lowest BCUT2D eigenvalue weighted by Gasteiger charge is -2.06. The molecule has 3 N–H and O–H groups in total. The number of rotatable bonds is 6. The average molecular weight is 284 g/mol. The second-order valence-corrected chi connectivity index (χ2v) is 4.30. The van der Waals surface area contributed by atoms with E-state index in [2.05, 4.69) is 15.5 Å². The number of hydrazone groups is 1. The normalized spacial score (nSPS) is 11.0. The summed E-state index contributed by atoms with van der Waals surface area (Å²) in [5.41, 5.74) is 9.64. The number of hydrogen-bond acceptors (Lipinski definition) is 5. The molecule has 6 nitrogen and oxygen atoms in total. The number of aromatic nitrogens is 1. The molecule has 0 aliphatic carbocycles. The van der Waals surface area contributed by atoms with Gasteiger partial charge in [-0.2, -0.15) is 5.10 Å². The Morgan fingerprint density at radius 1 is 1.29 bits per heavy atom. The van der Waals surface area contributed by atoms with Gasteiger partial charge >= 0.3 is 0 Å². The molecular weight excluding hydrogens is 268 g/mol. The van der Waals surface area contributed by atoms with Crippen LogP contribution in [0, 0.1) is 0 Å². The lowest BCUT2D eigenvalue weighted by atomic mass is 10.1. The summed E-state index contributed by atoms with van der Waals surface area (Å²) in [5.74, 6) is 0.762. The largest absolute Gasteiger partial charge is 0.484 e. The third kappa shape index (κ3) is 4.61. The van der Waals surface area contributed by atoms with Crippen molar-refractivity contribution in [3.63, 3.8) is 0 Å². The van der Waals surface area contributed by atoms with Gasteiger partial charge in [-0.25, -0.2) is 4.98 Å². The molecule has 0 bridgehead atoms. The minimum absolute atomic E-state index is 0.131. The second-order valence-electron chi connectivity index (χ2n) is 4.30. The summed E-state index contributed by atoms with van der Waals surface area (Å²) in [4.78, 5) is 14.7. The van der Waals surface area contributed by atoms with E-state index < -0.39 is 5.91 Å². The first-order valence-electron chi connectivity index (χ1n) is 6.38. The van der Waals surface area contributed by atoms with Crippen molar-refractivity contribution in [3.8, 4) is 5.75 Å². The van der Waals surface area contributed by atoms with E-state index >= 15 is 0 Å². The molecular formula is C15H16N4O2. The molecule has 0 saturated heterocycles. The van der Waals surface area contributed by atoms with E-state index in [9.17, 15) is 4.79 Å². The van der Waals surface area contributed by atoms with Crippen LogP contribution in [-0.2, 0) is 4.79 Å². The van der Waals surface area contributed by atoms with E-state index in [4.69, 9.17) is 10.5 Å². The predicted octanol–water partition coefficient (Wildman–Crippen LogP) is 1.78. The lowest BCUT2D eigenvalue weighted by molar-refractivity contribution is -0.119. The molecule has 1 heterocycles. The molecule has 1 amide bonds. The number of nitrogens with one attached hydrogen (secondary N) is 1. The highest BCUT2D eigenvalue weighted by molar-refractivity contribution is 5.99. The fourth-order valence-electron chi connectivity index (χ4n) is 1.58. The summed E-state index contributed by atoms with van der Waals surface area (Å²) in [6.07, 6.45) is 1.69. The Kier molecular flexibility index (Phi) is 4.87. The SMILES string of the molecule is CC(=NNc1ccccn1)c1ccc(OCC(N)=O)cc1. The molecule has 6 heteroatoms. The fraction of sp³-hybridized carbons (Fsp3) is 0.133. The van der Waals surface area contributed by atoms with Gasteiger partial charge in [0, 0.05) is 6.20 Å². The van der Waals surface area contributed by atoms with Crippen LogP contribution in [0.3, 0.4) is 0 Å². The fourth-order valence-corrected chi connectivity index (χ4v) is 1.58. The summed E-state index contributed by atoms with van der Waals surface area (Å²) < 4.78 is 5.19.